The topological polar surface area (TPSA) is 116 Å². The van der Waals surface area contributed by atoms with Gasteiger partial charge in [0.1, 0.15) is 5.82 Å². The molecule has 158 valence electrons. The molecule has 0 saturated carbocycles. The van der Waals surface area contributed by atoms with Gasteiger partial charge in [-0.2, -0.15) is 5.10 Å². The van der Waals surface area contributed by atoms with Crippen molar-refractivity contribution in [3.63, 3.8) is 0 Å². The highest BCUT2D eigenvalue weighted by atomic mass is 16.5. The van der Waals surface area contributed by atoms with Crippen LogP contribution < -0.4 is 20.9 Å². The summed E-state index contributed by atoms with van der Waals surface area (Å²) >= 11 is 0. The van der Waals surface area contributed by atoms with Crippen LogP contribution >= 0.6 is 0 Å². The molecule has 4 N–H and O–H groups in total. The standard InChI is InChI=1S/C20H25N7O3/c1-21-13-30-19(14-5-3-2-4-6-14)24-20(28)23-17-11-16-15(12-22-17)18(26-25-16)27-7-9-29-10-8-27/h2-6,11-12,19,21H,7-10,13H2,1H3,(H,25,26)(H2,22,23,24,28)/t19-/m1/s1. The number of aromatic nitrogens is 3. The Kier molecular flexibility index (Phi) is 6.38. The van der Waals surface area contributed by atoms with Gasteiger partial charge in [0.2, 0.25) is 0 Å². The van der Waals surface area contributed by atoms with Gasteiger partial charge in [-0.25, -0.2) is 9.78 Å². The van der Waals surface area contributed by atoms with Crippen molar-refractivity contribution in [1.82, 2.24) is 25.8 Å². The minimum Gasteiger partial charge on any atom is -0.378 e. The number of rotatable bonds is 7. The zero-order valence-electron chi connectivity index (χ0n) is 16.7. The molecule has 10 nitrogen and oxygen atoms in total. The van der Waals surface area contributed by atoms with E-state index >= 15 is 0 Å². The van der Waals surface area contributed by atoms with Gasteiger partial charge in [-0.1, -0.05) is 30.3 Å². The van der Waals surface area contributed by atoms with Crippen molar-refractivity contribution in [3.8, 4) is 0 Å². The van der Waals surface area contributed by atoms with E-state index in [9.17, 15) is 4.79 Å². The molecule has 1 fully saturated rings. The van der Waals surface area contributed by atoms with Crippen LogP contribution in [0, 0.1) is 0 Å². The first kappa shape index (κ1) is 20.1. The number of hydrogen-bond acceptors (Lipinski definition) is 7. The molecule has 1 aromatic carbocycles. The summed E-state index contributed by atoms with van der Waals surface area (Å²) in [7, 11) is 1.77. The summed E-state index contributed by atoms with van der Waals surface area (Å²) in [6.45, 7) is 3.23. The highest BCUT2D eigenvalue weighted by Crippen LogP contribution is 2.25. The lowest BCUT2D eigenvalue weighted by atomic mass is 10.2. The molecule has 10 heteroatoms. The lowest BCUT2D eigenvalue weighted by Crippen LogP contribution is -2.36. The largest absolute Gasteiger partial charge is 0.378 e. The van der Waals surface area contributed by atoms with Gasteiger partial charge in [-0.05, 0) is 7.05 Å². The SMILES string of the molecule is CNCO[C@@H](NC(=O)Nc1cc2[nH]nc(N3CCOCC3)c2cn1)c1ccccc1. The Morgan fingerprint density at radius 3 is 2.87 bits per heavy atom. The van der Waals surface area contributed by atoms with E-state index in [1.54, 1.807) is 19.3 Å². The summed E-state index contributed by atoms with van der Waals surface area (Å²) in [5.41, 5.74) is 1.64. The number of urea groups is 1. The number of nitrogens with one attached hydrogen (secondary N) is 4. The van der Waals surface area contributed by atoms with Crippen LogP contribution in [0.25, 0.3) is 10.9 Å². The van der Waals surface area contributed by atoms with Gasteiger partial charge >= 0.3 is 6.03 Å². The fourth-order valence-electron chi connectivity index (χ4n) is 3.27. The van der Waals surface area contributed by atoms with Gasteiger partial charge in [0.25, 0.3) is 0 Å². The molecule has 1 atom stereocenters. The summed E-state index contributed by atoms with van der Waals surface area (Å²) in [6.07, 6.45) is 1.12. The molecule has 0 spiro atoms. The average Bonchev–Trinajstić information content (AvgIpc) is 3.21. The molecule has 2 aromatic heterocycles. The van der Waals surface area contributed by atoms with E-state index in [1.807, 2.05) is 30.3 Å². The second kappa shape index (κ2) is 9.53. The Bertz CT molecular complexity index is 973. The molecule has 4 rings (SSSR count). The highest BCUT2D eigenvalue weighted by Gasteiger charge is 2.18. The smallest absolute Gasteiger partial charge is 0.322 e. The molecule has 1 aliphatic rings. The fraction of sp³-hybridized carbons (Fsp3) is 0.350. The minimum absolute atomic E-state index is 0.294. The predicted octanol–water partition coefficient (Wildman–Crippen LogP) is 1.81. The Morgan fingerprint density at radius 2 is 2.10 bits per heavy atom. The summed E-state index contributed by atoms with van der Waals surface area (Å²) in [6, 6.07) is 10.8. The number of pyridine rings is 1. The molecular formula is C20H25N7O3. The number of fused-ring (bicyclic) bond motifs is 1. The Balaban J connectivity index is 1.44. The van der Waals surface area contributed by atoms with E-state index in [2.05, 4.69) is 36.0 Å². The van der Waals surface area contributed by atoms with E-state index in [1.165, 1.54) is 0 Å². The van der Waals surface area contributed by atoms with Crippen LogP contribution in [0.2, 0.25) is 0 Å². The van der Waals surface area contributed by atoms with E-state index in [4.69, 9.17) is 9.47 Å². The van der Waals surface area contributed by atoms with Gasteiger partial charge < -0.3 is 19.7 Å². The number of H-pyrrole nitrogens is 1. The first-order valence-corrected chi connectivity index (χ1v) is 9.80. The molecule has 30 heavy (non-hydrogen) atoms. The number of nitrogens with zero attached hydrogens (tertiary/aromatic N) is 3. The molecule has 0 bridgehead atoms. The molecular weight excluding hydrogens is 386 g/mol. The molecule has 3 aromatic rings. The van der Waals surface area contributed by atoms with Crippen molar-refractivity contribution in [1.29, 1.82) is 0 Å². The number of carbonyl (C=O) groups is 1. The first-order valence-electron chi connectivity index (χ1n) is 9.80. The van der Waals surface area contributed by atoms with Gasteiger partial charge in [0, 0.05) is 30.9 Å². The number of aromatic amines is 1. The summed E-state index contributed by atoms with van der Waals surface area (Å²) in [5, 5.41) is 16.8. The maximum Gasteiger partial charge on any atom is 0.322 e. The summed E-state index contributed by atoms with van der Waals surface area (Å²) in [5.74, 6) is 1.26. The third kappa shape index (κ3) is 4.67. The average molecular weight is 411 g/mol. The molecule has 3 heterocycles. The summed E-state index contributed by atoms with van der Waals surface area (Å²) < 4.78 is 11.1. The van der Waals surface area contributed by atoms with E-state index in [0.29, 0.717) is 25.8 Å². The number of carbonyl (C=O) groups excluding carboxylic acids is 1. The van der Waals surface area contributed by atoms with E-state index in [0.717, 1.165) is 35.4 Å². The van der Waals surface area contributed by atoms with Crippen LogP contribution in [-0.4, -0.2) is 61.3 Å². The zero-order chi connectivity index (χ0) is 20.8. The number of hydrogen-bond donors (Lipinski definition) is 4. The van der Waals surface area contributed by atoms with Crippen LogP contribution in [0.15, 0.2) is 42.6 Å². The number of ether oxygens (including phenoxy) is 2. The molecule has 0 aliphatic carbocycles. The molecule has 2 amide bonds. The van der Waals surface area contributed by atoms with E-state index < -0.39 is 12.3 Å². The second-order valence-corrected chi connectivity index (χ2v) is 6.82. The van der Waals surface area contributed by atoms with Crippen molar-refractivity contribution >= 4 is 28.6 Å². The monoisotopic (exact) mass is 411 g/mol. The quantitative estimate of drug-likeness (QED) is 0.438. The fourth-order valence-corrected chi connectivity index (χ4v) is 3.27. The second-order valence-electron chi connectivity index (χ2n) is 6.82. The Morgan fingerprint density at radius 1 is 1.30 bits per heavy atom. The normalized spacial score (nSPS) is 15.2. The predicted molar refractivity (Wildman–Crippen MR) is 113 cm³/mol. The lowest BCUT2D eigenvalue weighted by Gasteiger charge is -2.26. The third-order valence-electron chi connectivity index (χ3n) is 4.74. The van der Waals surface area contributed by atoms with Crippen molar-refractivity contribution < 1.29 is 14.3 Å². The molecule has 1 saturated heterocycles. The van der Waals surface area contributed by atoms with Gasteiger partial charge in [-0.15, -0.1) is 0 Å². The van der Waals surface area contributed by atoms with Crippen LogP contribution in [0.5, 0.6) is 0 Å². The van der Waals surface area contributed by atoms with E-state index in [-0.39, 0.29) is 0 Å². The highest BCUT2D eigenvalue weighted by molar-refractivity contribution is 5.94. The van der Waals surface area contributed by atoms with Crippen molar-refractivity contribution in [3.05, 3.63) is 48.2 Å². The van der Waals surface area contributed by atoms with Gasteiger partial charge in [-0.3, -0.25) is 15.7 Å². The van der Waals surface area contributed by atoms with Gasteiger partial charge in [0.15, 0.2) is 12.0 Å². The van der Waals surface area contributed by atoms with Crippen molar-refractivity contribution in [2.24, 2.45) is 0 Å². The molecule has 1 aliphatic heterocycles. The van der Waals surface area contributed by atoms with Crippen LogP contribution in [0.3, 0.4) is 0 Å². The van der Waals surface area contributed by atoms with Crippen molar-refractivity contribution in [2.75, 3.05) is 50.3 Å². The minimum atomic E-state index is -0.595. The number of anilines is 2. The van der Waals surface area contributed by atoms with Gasteiger partial charge in [0.05, 0.1) is 30.8 Å². The number of benzene rings is 1. The van der Waals surface area contributed by atoms with Crippen LogP contribution in [0.1, 0.15) is 11.8 Å². The zero-order valence-corrected chi connectivity index (χ0v) is 16.7. The Labute approximate surface area is 173 Å². The molecule has 0 unspecified atom stereocenters. The first-order chi connectivity index (χ1) is 14.7. The van der Waals surface area contributed by atoms with Crippen molar-refractivity contribution in [2.45, 2.75) is 6.23 Å². The van der Waals surface area contributed by atoms with Crippen LogP contribution in [-0.2, 0) is 9.47 Å². The van der Waals surface area contributed by atoms with Crippen LogP contribution in [0.4, 0.5) is 16.4 Å². The maximum atomic E-state index is 12.5. The number of morpholine rings is 1. The third-order valence-corrected chi connectivity index (χ3v) is 4.74. The molecule has 0 radical (unpaired) electrons. The lowest BCUT2D eigenvalue weighted by molar-refractivity contribution is 0.0288. The summed E-state index contributed by atoms with van der Waals surface area (Å²) in [4.78, 5) is 19.1. The Hall–Kier alpha value is -3.21. The number of amides is 2. The maximum absolute atomic E-state index is 12.5.